The van der Waals surface area contributed by atoms with Gasteiger partial charge in [-0.3, -0.25) is 4.79 Å². The van der Waals surface area contributed by atoms with Gasteiger partial charge in [-0.25, -0.2) is 0 Å². The van der Waals surface area contributed by atoms with E-state index in [4.69, 9.17) is 10.5 Å². The summed E-state index contributed by atoms with van der Waals surface area (Å²) in [4.78, 5) is 17.0. The van der Waals surface area contributed by atoms with E-state index >= 15 is 0 Å². The summed E-state index contributed by atoms with van der Waals surface area (Å²) in [6.45, 7) is 3.05. The van der Waals surface area contributed by atoms with Crippen LogP contribution in [-0.4, -0.2) is 43.2 Å². The number of fused-ring (bicyclic) bond motifs is 1. The number of aryl methyl sites for hydroxylation is 2. The Morgan fingerprint density at radius 3 is 2.82 bits per heavy atom. The fraction of sp³-hybridized carbons (Fsp3) is 0.706. The van der Waals surface area contributed by atoms with Crippen molar-refractivity contribution >= 4 is 17.2 Å². The molecule has 1 aromatic heterocycles. The summed E-state index contributed by atoms with van der Waals surface area (Å²) in [5, 5.41) is 0. The number of carbonyl (C=O) groups excluding carboxylic acids is 1. The molecule has 0 unspecified atom stereocenters. The van der Waals surface area contributed by atoms with Crippen molar-refractivity contribution < 1.29 is 9.53 Å². The molecule has 22 heavy (non-hydrogen) atoms. The minimum Gasteiger partial charge on any atom is -0.378 e. The molecule has 0 spiro atoms. The van der Waals surface area contributed by atoms with Crippen molar-refractivity contribution in [1.82, 2.24) is 4.90 Å². The van der Waals surface area contributed by atoms with Crippen LogP contribution in [0.1, 0.15) is 52.2 Å². The zero-order chi connectivity index (χ0) is 15.4. The fourth-order valence-electron chi connectivity index (χ4n) is 3.31. The van der Waals surface area contributed by atoms with Crippen molar-refractivity contribution in [3.8, 4) is 0 Å². The third-order valence-corrected chi connectivity index (χ3v) is 5.86. The number of nitrogens with zero attached hydrogens (tertiary/aromatic N) is 1. The van der Waals surface area contributed by atoms with E-state index in [9.17, 15) is 4.79 Å². The maximum Gasteiger partial charge on any atom is 0.263 e. The summed E-state index contributed by atoms with van der Waals surface area (Å²) < 4.78 is 5.81. The number of carbonyl (C=O) groups is 1. The van der Waals surface area contributed by atoms with Gasteiger partial charge < -0.3 is 15.4 Å². The molecule has 0 saturated carbocycles. The molecule has 3 rings (SSSR count). The monoisotopic (exact) mass is 322 g/mol. The molecule has 2 N–H and O–H groups in total. The number of likely N-dealkylation sites (tertiary alicyclic amines) is 1. The van der Waals surface area contributed by atoms with Gasteiger partial charge in [0.25, 0.3) is 5.91 Å². The van der Waals surface area contributed by atoms with Gasteiger partial charge in [-0.1, -0.05) is 0 Å². The van der Waals surface area contributed by atoms with E-state index < -0.39 is 0 Å². The van der Waals surface area contributed by atoms with Gasteiger partial charge in [-0.05, 0) is 63.1 Å². The van der Waals surface area contributed by atoms with Crippen molar-refractivity contribution in [3.63, 3.8) is 0 Å². The summed E-state index contributed by atoms with van der Waals surface area (Å²) in [5.74, 6) is 0.222. The van der Waals surface area contributed by atoms with Gasteiger partial charge in [-0.15, -0.1) is 11.3 Å². The lowest BCUT2D eigenvalue weighted by Gasteiger charge is -2.31. The standard InChI is InChI=1S/C17H26N2O2S/c18-8-3-11-21-14-6-9-19(10-7-14)17(20)16-12-13-4-1-2-5-15(13)22-16/h12,14H,1-11,18H2. The van der Waals surface area contributed by atoms with E-state index in [-0.39, 0.29) is 5.91 Å². The first kappa shape index (κ1) is 16.0. The minimum absolute atomic E-state index is 0.222. The summed E-state index contributed by atoms with van der Waals surface area (Å²) in [5.41, 5.74) is 6.90. The molecule has 0 radical (unpaired) electrons. The highest BCUT2D eigenvalue weighted by atomic mass is 32.1. The van der Waals surface area contributed by atoms with Crippen LogP contribution in [0.25, 0.3) is 0 Å². The Balaban J connectivity index is 1.52. The molecule has 2 heterocycles. The normalized spacial score (nSPS) is 19.2. The average molecular weight is 322 g/mol. The van der Waals surface area contributed by atoms with Crippen LogP contribution in [0.5, 0.6) is 0 Å². The van der Waals surface area contributed by atoms with E-state index in [0.717, 1.165) is 56.7 Å². The smallest absolute Gasteiger partial charge is 0.263 e. The molecule has 0 bridgehead atoms. The van der Waals surface area contributed by atoms with Crippen LogP contribution in [0, 0.1) is 0 Å². The van der Waals surface area contributed by atoms with Crippen LogP contribution in [0.2, 0.25) is 0 Å². The zero-order valence-corrected chi connectivity index (χ0v) is 14.0. The summed E-state index contributed by atoms with van der Waals surface area (Å²) in [6.07, 6.45) is 7.95. The SMILES string of the molecule is NCCCOC1CCN(C(=O)c2cc3c(s2)CCCC3)CC1. The highest BCUT2D eigenvalue weighted by Gasteiger charge is 2.26. The number of amides is 1. The number of hydrogen-bond donors (Lipinski definition) is 1. The molecular weight excluding hydrogens is 296 g/mol. The Kier molecular flexibility index (Phi) is 5.50. The lowest BCUT2D eigenvalue weighted by Crippen LogP contribution is -2.40. The predicted molar refractivity (Wildman–Crippen MR) is 89.5 cm³/mol. The van der Waals surface area contributed by atoms with Gasteiger partial charge in [0.05, 0.1) is 11.0 Å². The van der Waals surface area contributed by atoms with Gasteiger partial charge in [0.1, 0.15) is 0 Å². The number of piperidine rings is 1. The molecule has 2 aliphatic rings. The second-order valence-corrected chi connectivity index (χ2v) is 7.41. The zero-order valence-electron chi connectivity index (χ0n) is 13.2. The summed E-state index contributed by atoms with van der Waals surface area (Å²) in [7, 11) is 0. The molecular formula is C17H26N2O2S. The van der Waals surface area contributed by atoms with Gasteiger partial charge >= 0.3 is 0 Å². The Morgan fingerprint density at radius 2 is 2.09 bits per heavy atom. The minimum atomic E-state index is 0.222. The van der Waals surface area contributed by atoms with Crippen LogP contribution in [0.3, 0.4) is 0 Å². The third-order valence-electron chi connectivity index (χ3n) is 4.64. The predicted octanol–water partition coefficient (Wildman–Crippen LogP) is 2.60. The van der Waals surface area contributed by atoms with Crippen molar-refractivity contribution in [1.29, 1.82) is 0 Å². The lowest BCUT2D eigenvalue weighted by molar-refractivity contribution is 0.00857. The molecule has 122 valence electrons. The van der Waals surface area contributed by atoms with E-state index in [1.807, 2.05) is 4.90 Å². The van der Waals surface area contributed by atoms with Crippen molar-refractivity contribution in [3.05, 3.63) is 21.4 Å². The van der Waals surface area contributed by atoms with Gasteiger partial charge in [0, 0.05) is 24.6 Å². The van der Waals surface area contributed by atoms with Gasteiger partial charge in [0.2, 0.25) is 0 Å². The van der Waals surface area contributed by atoms with Gasteiger partial charge in [0.15, 0.2) is 0 Å². The van der Waals surface area contributed by atoms with Crippen LogP contribution >= 0.6 is 11.3 Å². The average Bonchev–Trinajstić information content (AvgIpc) is 2.99. The molecule has 1 saturated heterocycles. The largest absolute Gasteiger partial charge is 0.378 e. The number of thiophene rings is 1. The Labute approximate surface area is 136 Å². The van der Waals surface area contributed by atoms with Crippen LogP contribution in [0.4, 0.5) is 0 Å². The highest BCUT2D eigenvalue weighted by molar-refractivity contribution is 7.14. The first-order valence-corrected chi connectivity index (χ1v) is 9.32. The molecule has 0 atom stereocenters. The summed E-state index contributed by atoms with van der Waals surface area (Å²) in [6, 6.07) is 2.14. The van der Waals surface area contributed by atoms with Crippen molar-refractivity contribution in [2.45, 2.75) is 51.0 Å². The number of rotatable bonds is 5. The third kappa shape index (κ3) is 3.70. The van der Waals surface area contributed by atoms with Gasteiger partial charge in [-0.2, -0.15) is 0 Å². The molecule has 0 aromatic carbocycles. The first-order valence-electron chi connectivity index (χ1n) is 8.50. The van der Waals surface area contributed by atoms with Crippen LogP contribution < -0.4 is 5.73 Å². The number of ether oxygens (including phenoxy) is 1. The highest BCUT2D eigenvalue weighted by Crippen LogP contribution is 2.31. The van der Waals surface area contributed by atoms with E-state index in [1.54, 1.807) is 11.3 Å². The maximum absolute atomic E-state index is 12.7. The Bertz CT molecular complexity index is 483. The molecule has 1 aliphatic heterocycles. The number of hydrogen-bond acceptors (Lipinski definition) is 4. The summed E-state index contributed by atoms with van der Waals surface area (Å²) >= 11 is 1.72. The maximum atomic E-state index is 12.7. The molecule has 1 aromatic rings. The molecule has 1 fully saturated rings. The Morgan fingerprint density at radius 1 is 1.32 bits per heavy atom. The second-order valence-electron chi connectivity index (χ2n) is 6.27. The topological polar surface area (TPSA) is 55.6 Å². The number of nitrogens with two attached hydrogens (primary N) is 1. The lowest BCUT2D eigenvalue weighted by atomic mass is 9.99. The quantitative estimate of drug-likeness (QED) is 0.848. The fourth-order valence-corrected chi connectivity index (χ4v) is 4.53. The molecule has 1 aliphatic carbocycles. The van der Waals surface area contributed by atoms with Crippen molar-refractivity contribution in [2.24, 2.45) is 5.73 Å². The molecule has 5 heteroatoms. The molecule has 1 amide bonds. The molecule has 4 nitrogen and oxygen atoms in total. The first-order chi connectivity index (χ1) is 10.8. The van der Waals surface area contributed by atoms with Crippen LogP contribution in [-0.2, 0) is 17.6 Å². The van der Waals surface area contributed by atoms with E-state index in [2.05, 4.69) is 6.07 Å². The Hall–Kier alpha value is -0.910. The second kappa shape index (κ2) is 7.57. The van der Waals surface area contributed by atoms with E-state index in [1.165, 1.54) is 23.3 Å². The van der Waals surface area contributed by atoms with Crippen LogP contribution in [0.15, 0.2) is 6.07 Å². The van der Waals surface area contributed by atoms with Crippen molar-refractivity contribution in [2.75, 3.05) is 26.2 Å². The van der Waals surface area contributed by atoms with E-state index in [0.29, 0.717) is 12.6 Å².